The van der Waals surface area contributed by atoms with Gasteiger partial charge in [-0.2, -0.15) is 0 Å². The number of ether oxygens (including phenoxy) is 2. The molecule has 3 atom stereocenters. The summed E-state index contributed by atoms with van der Waals surface area (Å²) in [6.45, 7) is 11.1. The number of hydrogen-bond acceptors (Lipinski definition) is 7. The maximum absolute atomic E-state index is 10.4. The molecule has 0 aromatic rings. The van der Waals surface area contributed by atoms with Crippen molar-refractivity contribution in [2.75, 3.05) is 59.0 Å². The van der Waals surface area contributed by atoms with Crippen molar-refractivity contribution in [2.45, 2.75) is 31.8 Å². The minimum Gasteiger partial charge on any atom is -0.390 e. The molecule has 0 saturated carbocycles. The van der Waals surface area contributed by atoms with Crippen molar-refractivity contribution in [2.24, 2.45) is 5.92 Å². The lowest BCUT2D eigenvalue weighted by Crippen LogP contribution is -2.52. The van der Waals surface area contributed by atoms with Crippen LogP contribution >= 0.6 is 0 Å². The first-order chi connectivity index (χ1) is 10.6. The number of aliphatic hydroxyl groups excluding tert-OH is 1. The maximum atomic E-state index is 10.4. The highest BCUT2D eigenvalue weighted by atomic mass is 16.7. The summed E-state index contributed by atoms with van der Waals surface area (Å²) in [7, 11) is 0. The summed E-state index contributed by atoms with van der Waals surface area (Å²) in [6.07, 6.45) is -0.514. The number of nitrogens with one attached hydrogen (secondary N) is 4. The summed E-state index contributed by atoms with van der Waals surface area (Å²) in [5.41, 5.74) is 0. The van der Waals surface area contributed by atoms with Crippen molar-refractivity contribution in [1.82, 2.24) is 21.3 Å². The smallest absolute Gasteiger partial charge is 0.162 e. The van der Waals surface area contributed by atoms with E-state index in [4.69, 9.17) is 9.47 Å². The van der Waals surface area contributed by atoms with Gasteiger partial charge in [-0.05, 0) is 13.8 Å². The number of rotatable bonds is 1. The van der Waals surface area contributed by atoms with Crippen LogP contribution in [0.15, 0.2) is 0 Å². The van der Waals surface area contributed by atoms with E-state index in [0.717, 1.165) is 45.8 Å². The Balaban J connectivity index is 1.92. The molecule has 0 aromatic carbocycles. The van der Waals surface area contributed by atoms with Crippen LogP contribution in [0.25, 0.3) is 0 Å². The lowest BCUT2D eigenvalue weighted by molar-refractivity contribution is -0.204. The van der Waals surface area contributed by atoms with Crippen LogP contribution in [0.4, 0.5) is 0 Å². The maximum Gasteiger partial charge on any atom is 0.162 e. The summed E-state index contributed by atoms with van der Waals surface area (Å²) in [6, 6.07) is 0.161. The van der Waals surface area contributed by atoms with Crippen molar-refractivity contribution >= 4 is 0 Å². The highest BCUT2D eigenvalue weighted by Crippen LogP contribution is 2.22. The van der Waals surface area contributed by atoms with Crippen LogP contribution in [0.1, 0.15) is 13.8 Å². The molecule has 2 heterocycles. The van der Waals surface area contributed by atoms with Crippen LogP contribution < -0.4 is 21.3 Å². The van der Waals surface area contributed by atoms with Gasteiger partial charge in [0.15, 0.2) is 5.79 Å². The fourth-order valence-corrected chi connectivity index (χ4v) is 2.83. The van der Waals surface area contributed by atoms with Crippen molar-refractivity contribution in [3.63, 3.8) is 0 Å². The minimum atomic E-state index is -0.625. The van der Waals surface area contributed by atoms with Gasteiger partial charge in [0.05, 0.1) is 19.3 Å². The van der Waals surface area contributed by atoms with E-state index in [1.807, 2.05) is 13.8 Å². The molecule has 2 saturated heterocycles. The Morgan fingerprint density at radius 2 is 1.45 bits per heavy atom. The summed E-state index contributed by atoms with van der Waals surface area (Å²) in [4.78, 5) is 0. The van der Waals surface area contributed by atoms with E-state index in [9.17, 15) is 5.11 Å². The zero-order chi connectivity index (χ0) is 15.8. The summed E-state index contributed by atoms with van der Waals surface area (Å²) in [5, 5.41) is 24.2. The summed E-state index contributed by atoms with van der Waals surface area (Å²) < 4.78 is 11.4. The van der Waals surface area contributed by atoms with E-state index >= 15 is 0 Å². The largest absolute Gasteiger partial charge is 0.390 e. The second kappa shape index (κ2) is 9.12. The van der Waals surface area contributed by atoms with Gasteiger partial charge in [0, 0.05) is 57.8 Å². The fraction of sp³-hybridized carbons (Fsp3) is 1.00. The lowest BCUT2D eigenvalue weighted by atomic mass is 9.94. The average molecular weight is 316 g/mol. The molecule has 3 unspecified atom stereocenters. The van der Waals surface area contributed by atoms with E-state index < -0.39 is 11.9 Å². The van der Waals surface area contributed by atoms with Crippen molar-refractivity contribution in [3.8, 4) is 0 Å². The van der Waals surface area contributed by atoms with Crippen LogP contribution in [0.2, 0.25) is 0 Å². The van der Waals surface area contributed by atoms with Gasteiger partial charge in [-0.3, -0.25) is 0 Å². The molecule has 0 amide bonds. The van der Waals surface area contributed by atoms with Crippen molar-refractivity contribution in [1.29, 1.82) is 0 Å². The van der Waals surface area contributed by atoms with Gasteiger partial charge >= 0.3 is 0 Å². The molecule has 0 aliphatic carbocycles. The third-order valence-corrected chi connectivity index (χ3v) is 4.27. The second-order valence-corrected chi connectivity index (χ2v) is 6.52. The SMILES string of the molecule is CC1(C)OCC(O)C(C2CNCCNCCNCCN2)CO1. The molecule has 2 aliphatic heterocycles. The summed E-state index contributed by atoms with van der Waals surface area (Å²) in [5.74, 6) is -0.606. The van der Waals surface area contributed by atoms with Gasteiger partial charge in [-0.15, -0.1) is 0 Å². The van der Waals surface area contributed by atoms with E-state index in [1.54, 1.807) is 0 Å². The Bertz CT molecular complexity index is 305. The third kappa shape index (κ3) is 6.08. The van der Waals surface area contributed by atoms with Gasteiger partial charge in [0.2, 0.25) is 0 Å². The highest BCUT2D eigenvalue weighted by molar-refractivity contribution is 4.86. The van der Waals surface area contributed by atoms with Gasteiger partial charge < -0.3 is 35.8 Å². The summed E-state index contributed by atoms with van der Waals surface area (Å²) >= 11 is 0. The third-order valence-electron chi connectivity index (χ3n) is 4.27. The van der Waals surface area contributed by atoms with Gasteiger partial charge in [-0.1, -0.05) is 0 Å². The van der Waals surface area contributed by atoms with Gasteiger partial charge in [-0.25, -0.2) is 0 Å². The molecular formula is C15H32N4O3. The number of aliphatic hydroxyl groups is 1. The first kappa shape index (κ1) is 18.1. The molecular weight excluding hydrogens is 284 g/mol. The number of hydrogen-bond donors (Lipinski definition) is 5. The topological polar surface area (TPSA) is 86.8 Å². The quantitative estimate of drug-likeness (QED) is 0.402. The average Bonchev–Trinajstić information content (AvgIpc) is 2.60. The van der Waals surface area contributed by atoms with Crippen molar-refractivity contribution in [3.05, 3.63) is 0 Å². The molecule has 2 fully saturated rings. The molecule has 0 radical (unpaired) electrons. The van der Waals surface area contributed by atoms with E-state index in [0.29, 0.717) is 13.2 Å². The Kier molecular flexibility index (Phi) is 7.49. The Hall–Kier alpha value is -0.280. The molecule has 2 aliphatic rings. The molecule has 0 bridgehead atoms. The zero-order valence-corrected chi connectivity index (χ0v) is 13.9. The zero-order valence-electron chi connectivity index (χ0n) is 13.9. The second-order valence-electron chi connectivity index (χ2n) is 6.52. The monoisotopic (exact) mass is 316 g/mol. The molecule has 130 valence electrons. The van der Waals surface area contributed by atoms with Crippen LogP contribution in [0.5, 0.6) is 0 Å². The van der Waals surface area contributed by atoms with Crippen molar-refractivity contribution < 1.29 is 14.6 Å². The van der Waals surface area contributed by atoms with E-state index in [1.165, 1.54) is 0 Å². The van der Waals surface area contributed by atoms with Gasteiger partial charge in [0.25, 0.3) is 0 Å². The molecule has 0 spiro atoms. The predicted molar refractivity (Wildman–Crippen MR) is 85.9 cm³/mol. The highest BCUT2D eigenvalue weighted by Gasteiger charge is 2.35. The first-order valence-electron chi connectivity index (χ1n) is 8.40. The Morgan fingerprint density at radius 1 is 0.864 bits per heavy atom. The Labute approximate surface area is 133 Å². The van der Waals surface area contributed by atoms with Crippen LogP contribution in [0.3, 0.4) is 0 Å². The van der Waals surface area contributed by atoms with Crippen LogP contribution in [0, 0.1) is 5.92 Å². The van der Waals surface area contributed by atoms with Crippen LogP contribution in [-0.4, -0.2) is 82.1 Å². The molecule has 5 N–H and O–H groups in total. The van der Waals surface area contributed by atoms with Gasteiger partial charge in [0.1, 0.15) is 0 Å². The Morgan fingerprint density at radius 3 is 2.18 bits per heavy atom. The molecule has 22 heavy (non-hydrogen) atoms. The van der Waals surface area contributed by atoms with Crippen LogP contribution in [-0.2, 0) is 9.47 Å². The fourth-order valence-electron chi connectivity index (χ4n) is 2.83. The standard InChI is InChI=1S/C15H32N4O3/c1-15(2)21-10-12(14(20)11-22-15)13-9-18-6-5-16-3-4-17-7-8-19-13/h12-14,16-20H,3-11H2,1-2H3. The van der Waals surface area contributed by atoms with E-state index in [2.05, 4.69) is 21.3 Å². The molecule has 2 rings (SSSR count). The van der Waals surface area contributed by atoms with E-state index in [-0.39, 0.29) is 12.0 Å². The predicted octanol–water partition coefficient (Wildman–Crippen LogP) is -1.51. The lowest BCUT2D eigenvalue weighted by Gasteiger charge is -2.30. The molecule has 7 nitrogen and oxygen atoms in total. The minimum absolute atomic E-state index is 0.0187. The first-order valence-corrected chi connectivity index (χ1v) is 8.40. The molecule has 0 aromatic heterocycles. The molecule has 7 heteroatoms. The normalized spacial score (nSPS) is 35.9.